The Balaban J connectivity index is 2.01. The Kier molecular flexibility index (Phi) is 3.57. The van der Waals surface area contributed by atoms with Crippen molar-refractivity contribution in [3.8, 4) is 5.75 Å². The fourth-order valence-corrected chi connectivity index (χ4v) is 1.90. The van der Waals surface area contributed by atoms with Gasteiger partial charge in [0.15, 0.2) is 11.9 Å². The number of nitrogens with two attached hydrogens (primary N) is 1. The monoisotopic (exact) mass is 298 g/mol. The van der Waals surface area contributed by atoms with Crippen molar-refractivity contribution in [1.29, 1.82) is 0 Å². The molecule has 1 aromatic rings. The number of amides is 1. The van der Waals surface area contributed by atoms with Gasteiger partial charge in [0, 0.05) is 6.04 Å². The minimum Gasteiger partial charge on any atom is -0.478 e. The van der Waals surface area contributed by atoms with Crippen molar-refractivity contribution in [2.24, 2.45) is 0 Å². The summed E-state index contributed by atoms with van der Waals surface area (Å²) in [5, 5.41) is 2.89. The molecule has 0 bridgehead atoms. The van der Waals surface area contributed by atoms with Gasteiger partial charge in [-0.3, -0.25) is 4.79 Å². The first-order valence-electron chi connectivity index (χ1n) is 5.59. The summed E-state index contributed by atoms with van der Waals surface area (Å²) in [5.74, 6) is 0.425. The van der Waals surface area contributed by atoms with Gasteiger partial charge < -0.3 is 15.8 Å². The van der Waals surface area contributed by atoms with Gasteiger partial charge in [-0.2, -0.15) is 0 Å². The van der Waals surface area contributed by atoms with E-state index in [9.17, 15) is 4.79 Å². The smallest absolute Gasteiger partial charge is 0.260 e. The molecule has 2 rings (SSSR count). The van der Waals surface area contributed by atoms with Crippen LogP contribution in [-0.4, -0.2) is 18.1 Å². The van der Waals surface area contributed by atoms with Crippen LogP contribution in [0.1, 0.15) is 19.8 Å². The largest absolute Gasteiger partial charge is 0.478 e. The van der Waals surface area contributed by atoms with Crippen molar-refractivity contribution in [2.75, 3.05) is 5.73 Å². The first kappa shape index (κ1) is 12.2. The lowest BCUT2D eigenvalue weighted by atomic mass is 10.3. The number of nitrogen functional groups attached to an aromatic ring is 1. The van der Waals surface area contributed by atoms with E-state index in [4.69, 9.17) is 10.5 Å². The maximum atomic E-state index is 11.7. The molecular weight excluding hydrogens is 284 g/mol. The maximum absolute atomic E-state index is 11.7. The Morgan fingerprint density at radius 2 is 2.29 bits per heavy atom. The molecule has 1 aliphatic rings. The second kappa shape index (κ2) is 4.96. The van der Waals surface area contributed by atoms with Gasteiger partial charge in [0.25, 0.3) is 5.91 Å². The molecule has 92 valence electrons. The van der Waals surface area contributed by atoms with Gasteiger partial charge in [0.05, 0.1) is 10.2 Å². The highest BCUT2D eigenvalue weighted by Gasteiger charge is 2.26. The highest BCUT2D eigenvalue weighted by molar-refractivity contribution is 9.10. The molecule has 0 heterocycles. The first-order chi connectivity index (χ1) is 8.08. The second-order valence-electron chi connectivity index (χ2n) is 4.20. The van der Waals surface area contributed by atoms with Crippen molar-refractivity contribution in [2.45, 2.75) is 31.9 Å². The van der Waals surface area contributed by atoms with Gasteiger partial charge in [-0.05, 0) is 47.8 Å². The molecule has 1 atom stereocenters. The summed E-state index contributed by atoms with van der Waals surface area (Å²) in [6.07, 6.45) is 1.59. The van der Waals surface area contributed by atoms with Crippen LogP contribution in [0.15, 0.2) is 22.7 Å². The third-order valence-corrected chi connectivity index (χ3v) is 3.21. The van der Waals surface area contributed by atoms with Gasteiger partial charge in [-0.15, -0.1) is 0 Å². The van der Waals surface area contributed by atoms with Crippen molar-refractivity contribution < 1.29 is 9.53 Å². The van der Waals surface area contributed by atoms with Gasteiger partial charge in [0.1, 0.15) is 0 Å². The van der Waals surface area contributed by atoms with Gasteiger partial charge in [-0.25, -0.2) is 0 Å². The molecule has 0 saturated heterocycles. The molecule has 17 heavy (non-hydrogen) atoms. The van der Waals surface area contributed by atoms with Crippen LogP contribution in [0.3, 0.4) is 0 Å². The molecule has 1 amide bonds. The zero-order chi connectivity index (χ0) is 12.4. The molecule has 1 aromatic carbocycles. The van der Waals surface area contributed by atoms with Crippen molar-refractivity contribution in [3.05, 3.63) is 22.7 Å². The van der Waals surface area contributed by atoms with Crippen molar-refractivity contribution in [3.63, 3.8) is 0 Å². The standard InChI is InChI=1S/C12H15BrN2O2/c1-7(12(16)15-8-5-6-8)17-11-9(13)3-2-4-10(11)14/h2-4,7-8H,5-6,14H2,1H3,(H,15,16). The third-order valence-electron chi connectivity index (χ3n) is 2.59. The van der Waals surface area contributed by atoms with E-state index in [-0.39, 0.29) is 5.91 Å². The Morgan fingerprint density at radius 1 is 1.59 bits per heavy atom. The van der Waals surface area contributed by atoms with E-state index in [1.165, 1.54) is 0 Å². The number of anilines is 1. The minimum atomic E-state index is -0.545. The number of halogens is 1. The SMILES string of the molecule is CC(Oc1c(N)cccc1Br)C(=O)NC1CC1. The third kappa shape index (κ3) is 3.12. The molecule has 1 unspecified atom stereocenters. The number of carbonyl (C=O) groups is 1. The fourth-order valence-electron chi connectivity index (χ4n) is 1.43. The van der Waals surface area contributed by atoms with Gasteiger partial charge in [0.2, 0.25) is 0 Å². The Hall–Kier alpha value is -1.23. The van der Waals surface area contributed by atoms with Gasteiger partial charge in [-0.1, -0.05) is 6.07 Å². The number of ether oxygens (including phenoxy) is 1. The summed E-state index contributed by atoms with van der Waals surface area (Å²) in [6.45, 7) is 1.72. The van der Waals surface area contributed by atoms with Crippen LogP contribution < -0.4 is 15.8 Å². The lowest BCUT2D eigenvalue weighted by Crippen LogP contribution is -2.37. The molecule has 4 nitrogen and oxygen atoms in total. The summed E-state index contributed by atoms with van der Waals surface area (Å²) < 4.78 is 6.34. The highest BCUT2D eigenvalue weighted by atomic mass is 79.9. The number of benzene rings is 1. The Morgan fingerprint density at radius 3 is 2.88 bits per heavy atom. The average molecular weight is 299 g/mol. The number of carbonyl (C=O) groups excluding carboxylic acids is 1. The molecule has 0 radical (unpaired) electrons. The van der Waals surface area contributed by atoms with E-state index >= 15 is 0 Å². The Labute approximate surface area is 109 Å². The lowest BCUT2D eigenvalue weighted by Gasteiger charge is -2.16. The lowest BCUT2D eigenvalue weighted by molar-refractivity contribution is -0.127. The fraction of sp³-hybridized carbons (Fsp3) is 0.417. The second-order valence-corrected chi connectivity index (χ2v) is 5.06. The zero-order valence-corrected chi connectivity index (χ0v) is 11.2. The number of hydrogen-bond donors (Lipinski definition) is 2. The number of hydrogen-bond acceptors (Lipinski definition) is 3. The highest BCUT2D eigenvalue weighted by Crippen LogP contribution is 2.31. The summed E-state index contributed by atoms with van der Waals surface area (Å²) in [6, 6.07) is 5.73. The molecule has 1 fully saturated rings. The van der Waals surface area contributed by atoms with E-state index < -0.39 is 6.10 Å². The molecule has 1 saturated carbocycles. The van der Waals surface area contributed by atoms with E-state index in [2.05, 4.69) is 21.2 Å². The van der Waals surface area contributed by atoms with Crippen LogP contribution >= 0.6 is 15.9 Å². The molecule has 0 aliphatic heterocycles. The van der Waals surface area contributed by atoms with Crippen LogP contribution in [-0.2, 0) is 4.79 Å². The van der Waals surface area contributed by atoms with Crippen LogP contribution in [0.5, 0.6) is 5.75 Å². The van der Waals surface area contributed by atoms with Gasteiger partial charge >= 0.3 is 0 Å². The number of nitrogens with one attached hydrogen (secondary N) is 1. The topological polar surface area (TPSA) is 64.3 Å². The minimum absolute atomic E-state index is 0.0948. The van der Waals surface area contributed by atoms with Crippen LogP contribution in [0, 0.1) is 0 Å². The quantitative estimate of drug-likeness (QED) is 0.837. The molecule has 1 aliphatic carbocycles. The zero-order valence-electron chi connectivity index (χ0n) is 9.57. The van der Waals surface area contributed by atoms with Crippen LogP contribution in [0.2, 0.25) is 0 Å². The first-order valence-corrected chi connectivity index (χ1v) is 6.38. The maximum Gasteiger partial charge on any atom is 0.260 e. The van der Waals surface area contributed by atoms with E-state index in [1.807, 2.05) is 12.1 Å². The molecule has 0 aromatic heterocycles. The van der Waals surface area contributed by atoms with E-state index in [0.717, 1.165) is 17.3 Å². The molecule has 5 heteroatoms. The summed E-state index contributed by atoms with van der Waals surface area (Å²) in [5.41, 5.74) is 6.32. The van der Waals surface area contributed by atoms with Crippen molar-refractivity contribution in [1.82, 2.24) is 5.32 Å². The van der Waals surface area contributed by atoms with Crippen LogP contribution in [0.25, 0.3) is 0 Å². The predicted molar refractivity (Wildman–Crippen MR) is 69.8 cm³/mol. The number of para-hydroxylation sites is 1. The summed E-state index contributed by atoms with van der Waals surface area (Å²) in [4.78, 5) is 11.7. The van der Waals surface area contributed by atoms with E-state index in [0.29, 0.717) is 17.5 Å². The van der Waals surface area contributed by atoms with Crippen LogP contribution in [0.4, 0.5) is 5.69 Å². The molecule has 3 N–H and O–H groups in total. The Bertz CT molecular complexity index is 412. The average Bonchev–Trinajstić information content (AvgIpc) is 3.07. The summed E-state index contributed by atoms with van der Waals surface area (Å²) in [7, 11) is 0. The van der Waals surface area contributed by atoms with Crippen molar-refractivity contribution >= 4 is 27.5 Å². The molecule has 0 spiro atoms. The molecular formula is C12H15BrN2O2. The number of rotatable bonds is 4. The predicted octanol–water partition coefficient (Wildman–Crippen LogP) is 2.08. The normalized spacial score (nSPS) is 16.4. The summed E-state index contributed by atoms with van der Waals surface area (Å²) >= 11 is 3.35. The van der Waals surface area contributed by atoms with E-state index in [1.54, 1.807) is 13.0 Å².